The van der Waals surface area contributed by atoms with Crippen molar-refractivity contribution in [3.63, 3.8) is 0 Å². The summed E-state index contributed by atoms with van der Waals surface area (Å²) >= 11 is 1.67. The smallest absolute Gasteiger partial charge is 0.330 e. The molecule has 0 unspecified atom stereocenters. The lowest BCUT2D eigenvalue weighted by Gasteiger charge is -2.25. The number of hydrogen-bond donors (Lipinski definition) is 2. The summed E-state index contributed by atoms with van der Waals surface area (Å²) in [6.45, 7) is 6.72. The van der Waals surface area contributed by atoms with Gasteiger partial charge in [-0.25, -0.2) is 4.79 Å². The van der Waals surface area contributed by atoms with E-state index in [1.165, 1.54) is 14.3 Å². The molecule has 0 bridgehead atoms. The molecule has 154 valence electrons. The summed E-state index contributed by atoms with van der Waals surface area (Å²) in [5.74, 6) is 0.0893. The zero-order chi connectivity index (χ0) is 20.7. The van der Waals surface area contributed by atoms with Crippen molar-refractivity contribution >= 4 is 28.7 Å². The summed E-state index contributed by atoms with van der Waals surface area (Å²) in [5.41, 5.74) is 5.15. The summed E-state index contributed by atoms with van der Waals surface area (Å²) in [6.07, 6.45) is 3.47. The van der Waals surface area contributed by atoms with E-state index in [1.54, 1.807) is 11.3 Å². The molecule has 2 aromatic heterocycles. The maximum Gasteiger partial charge on any atom is 0.330 e. The van der Waals surface area contributed by atoms with Crippen molar-refractivity contribution in [2.75, 3.05) is 17.2 Å². The van der Waals surface area contributed by atoms with Crippen molar-refractivity contribution in [3.05, 3.63) is 43.2 Å². The van der Waals surface area contributed by atoms with Crippen molar-refractivity contribution in [2.24, 2.45) is 5.92 Å². The number of hydrogen-bond acceptors (Lipinski definition) is 5. The van der Waals surface area contributed by atoms with Gasteiger partial charge in [-0.15, -0.1) is 11.3 Å². The second-order valence-electron chi connectivity index (χ2n) is 7.33. The molecule has 0 aliphatic heterocycles. The Bertz CT molecular complexity index is 884. The van der Waals surface area contributed by atoms with Crippen LogP contribution in [0.3, 0.4) is 0 Å². The molecule has 2 rings (SSSR count). The Labute approximate surface area is 169 Å². The highest BCUT2D eigenvalue weighted by Gasteiger charge is 2.23. The van der Waals surface area contributed by atoms with Gasteiger partial charge in [-0.3, -0.25) is 19.1 Å². The molecule has 2 heterocycles. The Morgan fingerprint density at radius 2 is 2.07 bits per heavy atom. The van der Waals surface area contributed by atoms with Crippen molar-refractivity contribution in [1.29, 1.82) is 0 Å². The van der Waals surface area contributed by atoms with Gasteiger partial charge in [-0.2, -0.15) is 0 Å². The quantitative estimate of drug-likeness (QED) is 0.633. The van der Waals surface area contributed by atoms with Gasteiger partial charge in [0.2, 0.25) is 5.91 Å². The number of carbonyl (C=O) groups is 1. The molecule has 0 saturated carbocycles. The molecule has 0 aliphatic carbocycles. The minimum Gasteiger partial charge on any atom is -0.383 e. The lowest BCUT2D eigenvalue weighted by atomic mass is 10.1. The zero-order valence-electron chi connectivity index (χ0n) is 16.9. The number of nitrogens with zero attached hydrogens (tertiary/aromatic N) is 2. The number of thiophene rings is 1. The highest BCUT2D eigenvalue weighted by Crippen LogP contribution is 2.20. The van der Waals surface area contributed by atoms with Gasteiger partial charge in [0.25, 0.3) is 5.56 Å². The van der Waals surface area contributed by atoms with Crippen LogP contribution < -0.4 is 21.9 Å². The van der Waals surface area contributed by atoms with Crippen LogP contribution in [-0.4, -0.2) is 22.0 Å². The number of nitrogens with one attached hydrogen (secondary N) is 1. The van der Waals surface area contributed by atoms with Crippen LogP contribution in [0.15, 0.2) is 27.1 Å². The van der Waals surface area contributed by atoms with Crippen molar-refractivity contribution in [2.45, 2.75) is 59.4 Å². The monoisotopic (exact) mass is 406 g/mol. The fourth-order valence-corrected chi connectivity index (χ4v) is 3.82. The maximum atomic E-state index is 12.9. The Morgan fingerprint density at radius 3 is 2.68 bits per heavy atom. The molecule has 2 aromatic rings. The van der Waals surface area contributed by atoms with Gasteiger partial charge in [0.1, 0.15) is 5.82 Å². The first-order valence-electron chi connectivity index (χ1n) is 9.80. The van der Waals surface area contributed by atoms with Gasteiger partial charge in [0.15, 0.2) is 5.69 Å². The van der Waals surface area contributed by atoms with Crippen LogP contribution in [0, 0.1) is 5.92 Å². The number of nitrogens with two attached hydrogens (primary N) is 1. The number of carbonyl (C=O) groups excluding carboxylic acids is 1. The first kappa shape index (κ1) is 21.9. The molecule has 28 heavy (non-hydrogen) atoms. The minimum atomic E-state index is -0.606. The molecule has 0 atom stereocenters. The summed E-state index contributed by atoms with van der Waals surface area (Å²) in [4.78, 5) is 42.7. The van der Waals surface area contributed by atoms with E-state index in [0.717, 1.165) is 19.3 Å². The number of aryl methyl sites for hydroxylation is 1. The largest absolute Gasteiger partial charge is 0.383 e. The third-order valence-electron chi connectivity index (χ3n) is 4.46. The van der Waals surface area contributed by atoms with Gasteiger partial charge in [0, 0.05) is 24.4 Å². The minimum absolute atomic E-state index is 0.0603. The molecular formula is C20H30N4O3S. The number of aromatic nitrogens is 2. The number of nitrogen functional groups attached to an aromatic ring is 1. The first-order valence-corrected chi connectivity index (χ1v) is 10.7. The molecule has 0 fully saturated rings. The van der Waals surface area contributed by atoms with E-state index >= 15 is 0 Å². The predicted molar refractivity (Wildman–Crippen MR) is 115 cm³/mol. The summed E-state index contributed by atoms with van der Waals surface area (Å²) in [6, 6.07) is 4.04. The van der Waals surface area contributed by atoms with E-state index in [1.807, 2.05) is 32.2 Å². The molecule has 0 aromatic carbocycles. The predicted octanol–water partition coefficient (Wildman–Crippen LogP) is 2.99. The van der Waals surface area contributed by atoms with Crippen molar-refractivity contribution < 1.29 is 4.79 Å². The van der Waals surface area contributed by atoms with E-state index < -0.39 is 11.2 Å². The molecule has 8 heteroatoms. The van der Waals surface area contributed by atoms with Gasteiger partial charge < -0.3 is 10.6 Å². The number of amides is 1. The summed E-state index contributed by atoms with van der Waals surface area (Å²) in [5, 5.41) is 2.02. The Kier molecular flexibility index (Phi) is 8.04. The highest BCUT2D eigenvalue weighted by atomic mass is 32.1. The second-order valence-corrected chi connectivity index (χ2v) is 8.36. The molecule has 0 saturated heterocycles. The SMILES string of the molecule is CCCCN(C(=O)CCCc1cccs1)c1c(N)n(CC(C)C)c(=O)[nH]c1=O. The van der Waals surface area contributed by atoms with Crippen molar-refractivity contribution in [3.8, 4) is 0 Å². The van der Waals surface area contributed by atoms with Crippen LogP contribution in [0.25, 0.3) is 0 Å². The molecule has 0 aliphatic rings. The highest BCUT2D eigenvalue weighted by molar-refractivity contribution is 7.09. The molecule has 0 spiro atoms. The fourth-order valence-electron chi connectivity index (χ4n) is 3.07. The average Bonchev–Trinajstić information content (AvgIpc) is 3.14. The standard InChI is InChI=1S/C20H30N4O3S/c1-4-5-11-23(16(25)10-6-8-15-9-7-12-28-15)17-18(21)24(13-14(2)3)20(27)22-19(17)26/h7,9,12,14H,4-6,8,10-11,13,21H2,1-3H3,(H,22,26,27). The number of anilines is 2. The number of unbranched alkanes of at least 4 members (excludes halogenated alkanes) is 1. The topological polar surface area (TPSA) is 101 Å². The lowest BCUT2D eigenvalue weighted by Crippen LogP contribution is -2.42. The molecular weight excluding hydrogens is 376 g/mol. The van der Waals surface area contributed by atoms with E-state index in [4.69, 9.17) is 5.73 Å². The third-order valence-corrected chi connectivity index (χ3v) is 5.40. The van der Waals surface area contributed by atoms with E-state index in [0.29, 0.717) is 25.9 Å². The fraction of sp³-hybridized carbons (Fsp3) is 0.550. The van der Waals surface area contributed by atoms with Crippen LogP contribution in [0.2, 0.25) is 0 Å². The van der Waals surface area contributed by atoms with E-state index in [-0.39, 0.29) is 23.3 Å². The molecule has 0 radical (unpaired) electrons. The van der Waals surface area contributed by atoms with Gasteiger partial charge in [-0.05, 0) is 36.6 Å². The van der Waals surface area contributed by atoms with Gasteiger partial charge in [-0.1, -0.05) is 33.3 Å². The first-order chi connectivity index (χ1) is 13.3. The van der Waals surface area contributed by atoms with Crippen LogP contribution in [0.5, 0.6) is 0 Å². The number of H-pyrrole nitrogens is 1. The number of aromatic amines is 1. The number of rotatable bonds is 10. The average molecular weight is 407 g/mol. The van der Waals surface area contributed by atoms with Crippen molar-refractivity contribution in [1.82, 2.24) is 9.55 Å². The zero-order valence-corrected chi connectivity index (χ0v) is 17.7. The van der Waals surface area contributed by atoms with E-state index in [9.17, 15) is 14.4 Å². The lowest BCUT2D eigenvalue weighted by molar-refractivity contribution is -0.118. The molecule has 1 amide bonds. The summed E-state index contributed by atoms with van der Waals surface area (Å²) < 4.78 is 1.35. The van der Waals surface area contributed by atoms with Crippen LogP contribution in [-0.2, 0) is 17.8 Å². The van der Waals surface area contributed by atoms with Crippen LogP contribution in [0.4, 0.5) is 11.5 Å². The third kappa shape index (κ3) is 5.58. The van der Waals surface area contributed by atoms with E-state index in [2.05, 4.69) is 11.1 Å². The second kappa shape index (κ2) is 10.3. The Balaban J connectivity index is 2.29. The normalized spacial score (nSPS) is 11.1. The maximum absolute atomic E-state index is 12.9. The van der Waals surface area contributed by atoms with Gasteiger partial charge in [0.05, 0.1) is 0 Å². The molecule has 3 N–H and O–H groups in total. The van der Waals surface area contributed by atoms with Crippen LogP contribution >= 0.6 is 11.3 Å². The molecule has 7 nitrogen and oxygen atoms in total. The summed E-state index contributed by atoms with van der Waals surface area (Å²) in [7, 11) is 0. The van der Waals surface area contributed by atoms with Gasteiger partial charge >= 0.3 is 5.69 Å². The Morgan fingerprint density at radius 1 is 1.32 bits per heavy atom. The Hall–Kier alpha value is -2.35. The van der Waals surface area contributed by atoms with Crippen LogP contribution in [0.1, 0.15) is 51.3 Å².